The molecule has 1 heterocycles. The highest BCUT2D eigenvalue weighted by Gasteiger charge is 2.20. The highest BCUT2D eigenvalue weighted by atomic mass is 16.5. The van der Waals surface area contributed by atoms with Crippen molar-refractivity contribution in [2.24, 2.45) is 5.92 Å². The first-order valence-corrected chi connectivity index (χ1v) is 6.06. The lowest BCUT2D eigenvalue weighted by molar-refractivity contribution is 0.0696. The van der Waals surface area contributed by atoms with Crippen LogP contribution in [0.25, 0.3) is 0 Å². The van der Waals surface area contributed by atoms with Gasteiger partial charge in [-0.05, 0) is 24.8 Å². The minimum absolute atomic E-state index is 0.248. The number of pyridine rings is 1. The van der Waals surface area contributed by atoms with Crippen LogP contribution in [0.5, 0.6) is 5.88 Å². The first-order chi connectivity index (χ1) is 8.19. The van der Waals surface area contributed by atoms with Crippen LogP contribution in [0.4, 0.5) is 0 Å². The van der Waals surface area contributed by atoms with E-state index in [-0.39, 0.29) is 5.56 Å². The third-order valence-electron chi connectivity index (χ3n) is 2.94. The van der Waals surface area contributed by atoms with Crippen LogP contribution in [0, 0.1) is 5.92 Å². The van der Waals surface area contributed by atoms with Crippen LogP contribution in [0.2, 0.25) is 0 Å². The molecule has 1 fully saturated rings. The summed E-state index contributed by atoms with van der Waals surface area (Å²) < 4.78 is 5.52. The molecule has 0 amide bonds. The van der Waals surface area contributed by atoms with Crippen molar-refractivity contribution in [2.45, 2.75) is 32.6 Å². The number of carboxylic acids is 1. The summed E-state index contributed by atoms with van der Waals surface area (Å²) in [6.07, 6.45) is 4.35. The monoisotopic (exact) mass is 235 g/mol. The van der Waals surface area contributed by atoms with Gasteiger partial charge in [0.2, 0.25) is 5.88 Å². The lowest BCUT2D eigenvalue weighted by Gasteiger charge is -2.07. The maximum Gasteiger partial charge on any atom is 0.335 e. The number of aromatic nitrogens is 1. The maximum atomic E-state index is 10.9. The molecule has 1 aromatic rings. The van der Waals surface area contributed by atoms with Gasteiger partial charge in [0.1, 0.15) is 0 Å². The van der Waals surface area contributed by atoms with Crippen LogP contribution in [0.15, 0.2) is 12.1 Å². The molecule has 4 nitrogen and oxygen atoms in total. The molecule has 1 aromatic heterocycles. The summed E-state index contributed by atoms with van der Waals surface area (Å²) >= 11 is 0. The molecule has 0 bridgehead atoms. The minimum Gasteiger partial charge on any atom is -0.478 e. The normalized spacial score (nSPS) is 14.6. The fraction of sp³-hybridized carbons (Fsp3) is 0.538. The highest BCUT2D eigenvalue weighted by Crippen LogP contribution is 2.32. The molecule has 0 aliphatic heterocycles. The quantitative estimate of drug-likeness (QED) is 0.823. The number of nitrogens with zero attached hydrogens (tertiary/aromatic N) is 1. The molecule has 0 unspecified atom stereocenters. The van der Waals surface area contributed by atoms with E-state index in [2.05, 4.69) is 4.98 Å². The zero-order chi connectivity index (χ0) is 12.3. The van der Waals surface area contributed by atoms with Gasteiger partial charge in [-0.3, -0.25) is 0 Å². The van der Waals surface area contributed by atoms with Crippen molar-refractivity contribution in [3.05, 3.63) is 23.4 Å². The van der Waals surface area contributed by atoms with Crippen LogP contribution in [0.1, 0.15) is 42.2 Å². The molecule has 0 spiro atoms. The predicted octanol–water partition coefficient (Wildman–Crippen LogP) is 2.52. The van der Waals surface area contributed by atoms with Gasteiger partial charge in [0.15, 0.2) is 0 Å². The summed E-state index contributed by atoms with van der Waals surface area (Å²) in [5.41, 5.74) is 1.00. The summed E-state index contributed by atoms with van der Waals surface area (Å²) in [6.45, 7) is 2.58. The maximum absolute atomic E-state index is 10.9. The molecule has 0 atom stereocenters. The van der Waals surface area contributed by atoms with Crippen molar-refractivity contribution in [1.82, 2.24) is 4.98 Å². The molecule has 2 rings (SSSR count). The average Bonchev–Trinajstić information content (AvgIpc) is 3.12. The van der Waals surface area contributed by atoms with Crippen molar-refractivity contribution in [3.63, 3.8) is 0 Å². The Bertz CT molecular complexity index is 413. The van der Waals surface area contributed by atoms with Gasteiger partial charge in [-0.1, -0.05) is 19.8 Å². The van der Waals surface area contributed by atoms with Gasteiger partial charge in [-0.15, -0.1) is 0 Å². The topological polar surface area (TPSA) is 59.4 Å². The van der Waals surface area contributed by atoms with E-state index < -0.39 is 5.97 Å². The Morgan fingerprint density at radius 1 is 1.53 bits per heavy atom. The third kappa shape index (κ3) is 3.44. The third-order valence-corrected chi connectivity index (χ3v) is 2.94. The molecular formula is C13H17NO3. The van der Waals surface area contributed by atoms with E-state index in [4.69, 9.17) is 9.84 Å². The minimum atomic E-state index is -0.936. The number of rotatable bonds is 6. The van der Waals surface area contributed by atoms with Gasteiger partial charge in [0, 0.05) is 11.8 Å². The Labute approximate surface area is 101 Å². The lowest BCUT2D eigenvalue weighted by Crippen LogP contribution is -2.05. The highest BCUT2D eigenvalue weighted by molar-refractivity contribution is 5.88. The lowest BCUT2D eigenvalue weighted by atomic mass is 10.2. The van der Waals surface area contributed by atoms with Crippen LogP contribution < -0.4 is 4.74 Å². The Morgan fingerprint density at radius 2 is 2.29 bits per heavy atom. The van der Waals surface area contributed by atoms with Crippen molar-refractivity contribution < 1.29 is 14.6 Å². The molecule has 1 aliphatic rings. The number of ether oxygens (including phenoxy) is 1. The smallest absolute Gasteiger partial charge is 0.335 e. The van der Waals surface area contributed by atoms with Crippen LogP contribution in [-0.4, -0.2) is 22.7 Å². The van der Waals surface area contributed by atoms with Crippen LogP contribution >= 0.6 is 0 Å². The molecule has 1 saturated carbocycles. The second-order valence-corrected chi connectivity index (χ2v) is 4.42. The van der Waals surface area contributed by atoms with E-state index in [1.165, 1.54) is 18.9 Å². The number of hydrogen-bond donors (Lipinski definition) is 1. The summed E-state index contributed by atoms with van der Waals surface area (Å²) in [5, 5.41) is 8.97. The average molecular weight is 235 g/mol. The molecule has 0 aromatic carbocycles. The second-order valence-electron chi connectivity index (χ2n) is 4.42. The van der Waals surface area contributed by atoms with Gasteiger partial charge in [-0.2, -0.15) is 0 Å². The van der Waals surface area contributed by atoms with Gasteiger partial charge < -0.3 is 9.84 Å². The first kappa shape index (κ1) is 11.9. The molecule has 4 heteroatoms. The molecular weight excluding hydrogens is 218 g/mol. The zero-order valence-corrected chi connectivity index (χ0v) is 9.98. The fourth-order valence-corrected chi connectivity index (χ4v) is 1.68. The van der Waals surface area contributed by atoms with E-state index in [1.807, 2.05) is 6.92 Å². The molecule has 17 heavy (non-hydrogen) atoms. The molecule has 1 aliphatic carbocycles. The number of aryl methyl sites for hydroxylation is 1. The van der Waals surface area contributed by atoms with Crippen molar-refractivity contribution in [2.75, 3.05) is 6.61 Å². The first-order valence-electron chi connectivity index (χ1n) is 6.06. The molecule has 0 radical (unpaired) electrons. The zero-order valence-electron chi connectivity index (χ0n) is 9.98. The van der Waals surface area contributed by atoms with Gasteiger partial charge in [0.25, 0.3) is 0 Å². The van der Waals surface area contributed by atoms with E-state index in [1.54, 1.807) is 6.07 Å². The summed E-state index contributed by atoms with van der Waals surface area (Å²) in [7, 11) is 0. The predicted molar refractivity (Wildman–Crippen MR) is 63.4 cm³/mol. The van der Waals surface area contributed by atoms with Gasteiger partial charge in [-0.25, -0.2) is 9.78 Å². The molecule has 92 valence electrons. The Hall–Kier alpha value is -1.58. The largest absolute Gasteiger partial charge is 0.478 e. The number of carboxylic acid groups (broad SMARTS) is 1. The van der Waals surface area contributed by atoms with E-state index in [0.29, 0.717) is 18.9 Å². The molecule has 1 N–H and O–H groups in total. The van der Waals surface area contributed by atoms with Crippen LogP contribution in [0.3, 0.4) is 0 Å². The van der Waals surface area contributed by atoms with Crippen LogP contribution in [-0.2, 0) is 6.42 Å². The van der Waals surface area contributed by atoms with Crippen molar-refractivity contribution in [1.29, 1.82) is 0 Å². The van der Waals surface area contributed by atoms with E-state index >= 15 is 0 Å². The Morgan fingerprint density at radius 3 is 2.88 bits per heavy atom. The number of carbonyl (C=O) groups is 1. The summed E-state index contributed by atoms with van der Waals surface area (Å²) in [5.74, 6) is 0.305. The molecule has 0 saturated heterocycles. The summed E-state index contributed by atoms with van der Waals surface area (Å²) in [4.78, 5) is 15.2. The van der Waals surface area contributed by atoms with Crippen molar-refractivity contribution >= 4 is 5.97 Å². The summed E-state index contributed by atoms with van der Waals surface area (Å²) in [6, 6.07) is 3.09. The van der Waals surface area contributed by atoms with E-state index in [9.17, 15) is 4.79 Å². The van der Waals surface area contributed by atoms with Crippen molar-refractivity contribution in [3.8, 4) is 5.88 Å². The van der Waals surface area contributed by atoms with E-state index in [0.717, 1.165) is 18.0 Å². The SMILES string of the molecule is CCc1cc(C(=O)O)cc(OCCC2CC2)n1. The number of aromatic carboxylic acids is 1. The standard InChI is InChI=1S/C13H17NO3/c1-2-11-7-10(13(15)16)8-12(14-11)17-6-5-9-3-4-9/h7-9H,2-6H2,1H3,(H,15,16). The Balaban J connectivity index is 2.02. The second kappa shape index (κ2) is 5.17. The Kier molecular flexibility index (Phi) is 3.61. The fourth-order valence-electron chi connectivity index (χ4n) is 1.68. The van der Waals surface area contributed by atoms with Gasteiger partial charge in [0.05, 0.1) is 12.2 Å². The number of hydrogen-bond acceptors (Lipinski definition) is 3. The van der Waals surface area contributed by atoms with Gasteiger partial charge >= 0.3 is 5.97 Å².